The summed E-state index contributed by atoms with van der Waals surface area (Å²) in [4.78, 5) is 15.4. The molecule has 7 heteroatoms. The van der Waals surface area contributed by atoms with Crippen LogP contribution in [0.5, 0.6) is 0 Å². The highest BCUT2D eigenvalue weighted by Crippen LogP contribution is 2.32. The van der Waals surface area contributed by atoms with Gasteiger partial charge in [-0.15, -0.1) is 24.8 Å². The predicted octanol–water partition coefficient (Wildman–Crippen LogP) is 1.53. The molecule has 0 spiro atoms. The van der Waals surface area contributed by atoms with Crippen molar-refractivity contribution in [2.24, 2.45) is 11.7 Å². The molecule has 0 bridgehead atoms. The zero-order valence-electron chi connectivity index (χ0n) is 9.64. The topological polar surface area (TPSA) is 68.0 Å². The van der Waals surface area contributed by atoms with Crippen molar-refractivity contribution in [1.82, 2.24) is 10.3 Å². The second-order valence-corrected chi connectivity index (χ2v) is 4.04. The Bertz CT molecular complexity index is 402. The fraction of sp³-hybridized carbons (Fsp3) is 0.455. The molecule has 2 rings (SSSR count). The van der Waals surface area contributed by atoms with Gasteiger partial charge >= 0.3 is 0 Å². The van der Waals surface area contributed by atoms with Crippen molar-refractivity contribution < 1.29 is 9.18 Å². The van der Waals surface area contributed by atoms with Crippen LogP contribution in [0, 0.1) is 11.7 Å². The Morgan fingerprint density at radius 1 is 1.50 bits per heavy atom. The van der Waals surface area contributed by atoms with Gasteiger partial charge in [0.1, 0.15) is 5.82 Å². The molecular weight excluding hydrogens is 280 g/mol. The lowest BCUT2D eigenvalue weighted by Crippen LogP contribution is -2.41. The number of amides is 1. The molecule has 18 heavy (non-hydrogen) atoms. The van der Waals surface area contributed by atoms with Crippen LogP contribution in [0.15, 0.2) is 18.5 Å². The Morgan fingerprint density at radius 2 is 2.17 bits per heavy atom. The van der Waals surface area contributed by atoms with E-state index in [2.05, 4.69) is 10.3 Å². The van der Waals surface area contributed by atoms with Crippen LogP contribution in [0.2, 0.25) is 0 Å². The lowest BCUT2D eigenvalue weighted by Gasteiger charge is -2.15. The first-order valence-corrected chi connectivity index (χ1v) is 5.32. The number of rotatable bonds is 4. The Hall–Kier alpha value is -0.910. The number of nitrogens with zero attached hydrogens (tertiary/aromatic N) is 1. The highest BCUT2D eigenvalue weighted by Gasteiger charge is 2.31. The van der Waals surface area contributed by atoms with Crippen LogP contribution in [0.25, 0.3) is 0 Å². The molecular formula is C11H16Cl2FN3O. The lowest BCUT2D eigenvalue weighted by molar-refractivity contribution is 0.0932. The number of hydrogen-bond donors (Lipinski definition) is 2. The molecule has 3 N–H and O–H groups in total. The van der Waals surface area contributed by atoms with Crippen molar-refractivity contribution in [1.29, 1.82) is 0 Å². The van der Waals surface area contributed by atoms with E-state index < -0.39 is 5.82 Å². The number of carbonyl (C=O) groups excluding carboxylic acids is 1. The van der Waals surface area contributed by atoms with Crippen molar-refractivity contribution in [2.45, 2.75) is 18.9 Å². The maximum Gasteiger partial charge on any atom is 0.253 e. The van der Waals surface area contributed by atoms with E-state index in [9.17, 15) is 9.18 Å². The van der Waals surface area contributed by atoms with Gasteiger partial charge in [0.05, 0.1) is 11.8 Å². The lowest BCUT2D eigenvalue weighted by atomic mass is 10.1. The van der Waals surface area contributed by atoms with Gasteiger partial charge in [0.15, 0.2) is 0 Å². The molecule has 0 aromatic carbocycles. The minimum Gasteiger partial charge on any atom is -0.348 e. The summed E-state index contributed by atoms with van der Waals surface area (Å²) in [6.07, 6.45) is 4.62. The zero-order chi connectivity index (χ0) is 11.5. The first-order chi connectivity index (χ1) is 7.70. The first-order valence-electron chi connectivity index (χ1n) is 5.32. The van der Waals surface area contributed by atoms with Crippen molar-refractivity contribution in [3.8, 4) is 0 Å². The van der Waals surface area contributed by atoms with E-state index in [1.54, 1.807) is 0 Å². The largest absolute Gasteiger partial charge is 0.348 e. The van der Waals surface area contributed by atoms with Gasteiger partial charge in [0, 0.05) is 18.8 Å². The predicted molar refractivity (Wildman–Crippen MR) is 71.7 cm³/mol. The average Bonchev–Trinajstić information content (AvgIpc) is 3.09. The Kier molecular flexibility index (Phi) is 7.13. The van der Waals surface area contributed by atoms with Crippen molar-refractivity contribution >= 4 is 30.7 Å². The molecule has 1 atom stereocenters. The summed E-state index contributed by atoms with van der Waals surface area (Å²) in [7, 11) is 0. The van der Waals surface area contributed by atoms with E-state index in [1.165, 1.54) is 12.3 Å². The number of nitrogens with one attached hydrogen (secondary N) is 1. The van der Waals surface area contributed by atoms with Crippen LogP contribution in [-0.2, 0) is 0 Å². The zero-order valence-corrected chi connectivity index (χ0v) is 11.3. The monoisotopic (exact) mass is 295 g/mol. The Morgan fingerprint density at radius 3 is 2.67 bits per heavy atom. The van der Waals surface area contributed by atoms with Crippen molar-refractivity contribution in [2.75, 3.05) is 6.54 Å². The first kappa shape index (κ1) is 17.1. The molecule has 0 radical (unpaired) electrons. The smallest absolute Gasteiger partial charge is 0.253 e. The second-order valence-electron chi connectivity index (χ2n) is 4.04. The summed E-state index contributed by atoms with van der Waals surface area (Å²) < 4.78 is 12.9. The average molecular weight is 296 g/mol. The van der Waals surface area contributed by atoms with Crippen LogP contribution in [0.4, 0.5) is 4.39 Å². The SMILES string of the molecule is Cl.Cl.NCC(NC(=O)c1cncc(F)c1)C1CC1. The molecule has 0 aliphatic heterocycles. The molecule has 1 aromatic heterocycles. The molecule has 102 valence electrons. The van der Waals surface area contributed by atoms with Crippen molar-refractivity contribution in [3.63, 3.8) is 0 Å². The molecule has 1 amide bonds. The molecule has 0 saturated heterocycles. The molecule has 4 nitrogen and oxygen atoms in total. The van der Waals surface area contributed by atoms with E-state index in [4.69, 9.17) is 5.73 Å². The van der Waals surface area contributed by atoms with Crippen LogP contribution in [-0.4, -0.2) is 23.5 Å². The molecule has 1 unspecified atom stereocenters. The standard InChI is InChI=1S/C11H14FN3O.2ClH/c12-9-3-8(5-14-6-9)11(16)15-10(4-13)7-1-2-7;;/h3,5-7,10H,1-2,4,13H2,(H,15,16);2*1H. The number of aromatic nitrogens is 1. The van der Waals surface area contributed by atoms with Gasteiger partial charge < -0.3 is 11.1 Å². The van der Waals surface area contributed by atoms with E-state index in [0.29, 0.717) is 12.5 Å². The van der Waals surface area contributed by atoms with E-state index in [1.807, 2.05) is 0 Å². The van der Waals surface area contributed by atoms with Gasteiger partial charge in [-0.25, -0.2) is 4.39 Å². The van der Waals surface area contributed by atoms with E-state index in [-0.39, 0.29) is 42.3 Å². The highest BCUT2D eigenvalue weighted by molar-refractivity contribution is 5.94. The summed E-state index contributed by atoms with van der Waals surface area (Å²) in [5.41, 5.74) is 5.80. The maximum atomic E-state index is 12.9. The molecule has 1 aliphatic carbocycles. The number of carbonyl (C=O) groups is 1. The van der Waals surface area contributed by atoms with Gasteiger partial charge in [0.25, 0.3) is 5.91 Å². The summed E-state index contributed by atoms with van der Waals surface area (Å²) in [6.45, 7) is 0.416. The second kappa shape index (κ2) is 7.51. The van der Waals surface area contributed by atoms with Crippen LogP contribution < -0.4 is 11.1 Å². The van der Waals surface area contributed by atoms with Crippen LogP contribution in [0.3, 0.4) is 0 Å². The number of nitrogens with two attached hydrogens (primary N) is 1. The molecule has 1 heterocycles. The summed E-state index contributed by atoms with van der Waals surface area (Å²) in [6, 6.07) is 1.17. The third-order valence-corrected chi connectivity index (χ3v) is 2.73. The highest BCUT2D eigenvalue weighted by atomic mass is 35.5. The van der Waals surface area contributed by atoms with Gasteiger partial charge in [-0.1, -0.05) is 0 Å². The minimum absolute atomic E-state index is 0. The Labute approximate surface area is 117 Å². The van der Waals surface area contributed by atoms with Crippen LogP contribution >= 0.6 is 24.8 Å². The van der Waals surface area contributed by atoms with Gasteiger partial charge in [-0.05, 0) is 24.8 Å². The summed E-state index contributed by atoms with van der Waals surface area (Å²) >= 11 is 0. The van der Waals surface area contributed by atoms with Gasteiger partial charge in [-0.2, -0.15) is 0 Å². The normalized spacial score (nSPS) is 15.0. The third kappa shape index (κ3) is 4.40. The summed E-state index contributed by atoms with van der Waals surface area (Å²) in [5.74, 6) is -0.340. The van der Waals surface area contributed by atoms with E-state index in [0.717, 1.165) is 19.0 Å². The van der Waals surface area contributed by atoms with Gasteiger partial charge in [0.2, 0.25) is 0 Å². The number of pyridine rings is 1. The number of hydrogen-bond acceptors (Lipinski definition) is 3. The molecule has 1 saturated carbocycles. The fourth-order valence-electron chi connectivity index (χ4n) is 1.66. The maximum absolute atomic E-state index is 12.9. The van der Waals surface area contributed by atoms with Crippen molar-refractivity contribution in [3.05, 3.63) is 29.8 Å². The quantitative estimate of drug-likeness (QED) is 0.885. The summed E-state index contributed by atoms with van der Waals surface area (Å²) in [5, 5.41) is 2.80. The molecule has 1 fully saturated rings. The minimum atomic E-state index is -0.511. The molecule has 1 aromatic rings. The fourth-order valence-corrected chi connectivity index (χ4v) is 1.66. The third-order valence-electron chi connectivity index (χ3n) is 2.73. The van der Waals surface area contributed by atoms with Gasteiger partial charge in [-0.3, -0.25) is 9.78 Å². The Balaban J connectivity index is 0.00000144. The van der Waals surface area contributed by atoms with Crippen LogP contribution in [0.1, 0.15) is 23.2 Å². The van der Waals surface area contributed by atoms with E-state index >= 15 is 0 Å². The molecule has 1 aliphatic rings. The number of halogens is 3.